The van der Waals surface area contributed by atoms with Crippen LogP contribution in [0.25, 0.3) is 0 Å². The van der Waals surface area contributed by atoms with E-state index in [4.69, 9.17) is 5.11 Å². The molecule has 98 valence electrons. The Balaban J connectivity index is 2.44. The lowest BCUT2D eigenvalue weighted by Crippen LogP contribution is -2.32. The highest BCUT2D eigenvalue weighted by Crippen LogP contribution is 2.14. The highest BCUT2D eigenvalue weighted by molar-refractivity contribution is 5.83. The summed E-state index contributed by atoms with van der Waals surface area (Å²) in [5.41, 5.74) is 0.959. The van der Waals surface area contributed by atoms with Gasteiger partial charge in [-0.2, -0.15) is 0 Å². The van der Waals surface area contributed by atoms with Gasteiger partial charge in [0.1, 0.15) is 0 Å². The third-order valence-electron chi connectivity index (χ3n) is 2.84. The molecule has 18 heavy (non-hydrogen) atoms. The van der Waals surface area contributed by atoms with Crippen molar-refractivity contribution in [3.8, 4) is 0 Å². The Morgan fingerprint density at radius 3 is 2.39 bits per heavy atom. The summed E-state index contributed by atoms with van der Waals surface area (Å²) in [4.78, 5) is 22.4. The number of carboxylic acids is 1. The Morgan fingerprint density at radius 1 is 1.22 bits per heavy atom. The van der Waals surface area contributed by atoms with Crippen molar-refractivity contribution in [3.05, 3.63) is 35.9 Å². The molecule has 0 saturated heterocycles. The molecule has 1 rings (SSSR count). The van der Waals surface area contributed by atoms with Gasteiger partial charge in [-0.05, 0) is 18.4 Å². The maximum atomic E-state index is 11.9. The van der Waals surface area contributed by atoms with E-state index in [2.05, 4.69) is 5.32 Å². The molecular formula is C14H19NO3. The number of benzene rings is 1. The Kier molecular flexibility index (Phi) is 5.36. The minimum absolute atomic E-state index is 0.0607. The molecule has 0 aliphatic heterocycles. The first-order valence-corrected chi connectivity index (χ1v) is 6.05. The summed E-state index contributed by atoms with van der Waals surface area (Å²) in [6.07, 6.45) is 0.0694. The maximum absolute atomic E-state index is 11.9. The van der Waals surface area contributed by atoms with Gasteiger partial charge in [0.25, 0.3) is 0 Å². The number of aliphatic carboxylic acids is 1. The lowest BCUT2D eigenvalue weighted by atomic mass is 10.00. The molecule has 2 atom stereocenters. The number of rotatable bonds is 6. The number of carbonyl (C=O) groups excluding carboxylic acids is 1. The van der Waals surface area contributed by atoms with E-state index < -0.39 is 5.97 Å². The first-order chi connectivity index (χ1) is 8.50. The van der Waals surface area contributed by atoms with Crippen molar-refractivity contribution in [2.24, 2.45) is 5.92 Å². The summed E-state index contributed by atoms with van der Waals surface area (Å²) >= 11 is 0. The lowest BCUT2D eigenvalue weighted by molar-refractivity contribution is -0.138. The number of hydrogen-bond acceptors (Lipinski definition) is 2. The summed E-state index contributed by atoms with van der Waals surface area (Å²) in [5.74, 6) is -1.19. The molecule has 1 aromatic rings. The molecule has 0 heterocycles. The van der Waals surface area contributed by atoms with Crippen molar-refractivity contribution in [1.82, 2.24) is 5.32 Å². The fraction of sp³-hybridized carbons (Fsp3) is 0.429. The van der Waals surface area contributed by atoms with Crippen LogP contribution in [0.2, 0.25) is 0 Å². The highest BCUT2D eigenvalue weighted by Gasteiger charge is 2.16. The third-order valence-corrected chi connectivity index (χ3v) is 2.84. The normalized spacial score (nSPS) is 13.7. The van der Waals surface area contributed by atoms with Gasteiger partial charge in [0.15, 0.2) is 0 Å². The minimum Gasteiger partial charge on any atom is -0.481 e. The summed E-state index contributed by atoms with van der Waals surface area (Å²) in [6.45, 7) is 4.04. The van der Waals surface area contributed by atoms with Crippen LogP contribution in [0.1, 0.15) is 31.7 Å². The van der Waals surface area contributed by atoms with Gasteiger partial charge in [-0.25, -0.2) is 0 Å². The molecule has 0 saturated carbocycles. The quantitative estimate of drug-likeness (QED) is 0.810. The van der Waals surface area contributed by atoms with E-state index in [1.807, 2.05) is 44.2 Å². The van der Waals surface area contributed by atoms with Crippen molar-refractivity contribution >= 4 is 11.9 Å². The van der Waals surface area contributed by atoms with Crippen molar-refractivity contribution in [2.45, 2.75) is 26.2 Å². The zero-order valence-electron chi connectivity index (χ0n) is 10.7. The molecule has 4 heteroatoms. The van der Waals surface area contributed by atoms with E-state index in [1.165, 1.54) is 0 Å². The van der Waals surface area contributed by atoms with E-state index >= 15 is 0 Å². The lowest BCUT2D eigenvalue weighted by Gasteiger charge is -2.15. The third kappa shape index (κ3) is 4.57. The molecule has 0 radical (unpaired) electrons. The number of carboxylic acid groups (broad SMARTS) is 1. The van der Waals surface area contributed by atoms with Gasteiger partial charge < -0.3 is 10.4 Å². The topological polar surface area (TPSA) is 66.4 Å². The molecule has 0 spiro atoms. The number of carbonyl (C=O) groups is 2. The Morgan fingerprint density at radius 2 is 1.83 bits per heavy atom. The van der Waals surface area contributed by atoms with Crippen molar-refractivity contribution in [1.29, 1.82) is 0 Å². The van der Waals surface area contributed by atoms with Crippen LogP contribution >= 0.6 is 0 Å². The van der Waals surface area contributed by atoms with Gasteiger partial charge in [-0.1, -0.05) is 37.3 Å². The van der Waals surface area contributed by atoms with E-state index in [9.17, 15) is 9.59 Å². The SMILES string of the molecule is CC(CNC(=O)[C@@H](C)c1ccccc1)CC(=O)O. The van der Waals surface area contributed by atoms with Crippen molar-refractivity contribution < 1.29 is 14.7 Å². The second-order valence-corrected chi connectivity index (χ2v) is 4.58. The second kappa shape index (κ2) is 6.79. The first kappa shape index (κ1) is 14.2. The average Bonchev–Trinajstić information content (AvgIpc) is 2.35. The fourth-order valence-corrected chi connectivity index (χ4v) is 1.69. The van der Waals surface area contributed by atoms with Gasteiger partial charge >= 0.3 is 5.97 Å². The standard InChI is InChI=1S/C14H19NO3/c1-10(8-13(16)17)9-15-14(18)11(2)12-6-4-3-5-7-12/h3-7,10-11H,8-9H2,1-2H3,(H,15,18)(H,16,17)/t10?,11-/m0/s1. The average molecular weight is 249 g/mol. The number of amides is 1. The molecule has 2 N–H and O–H groups in total. The van der Waals surface area contributed by atoms with Gasteiger partial charge in [-0.15, -0.1) is 0 Å². The number of hydrogen-bond donors (Lipinski definition) is 2. The molecule has 0 bridgehead atoms. The summed E-state index contributed by atoms with van der Waals surface area (Å²) in [6, 6.07) is 9.51. The van der Waals surface area contributed by atoms with Crippen LogP contribution in [-0.4, -0.2) is 23.5 Å². The first-order valence-electron chi connectivity index (χ1n) is 6.05. The molecule has 1 amide bonds. The zero-order chi connectivity index (χ0) is 13.5. The molecule has 1 aromatic carbocycles. The van der Waals surface area contributed by atoms with Crippen LogP contribution in [0.15, 0.2) is 30.3 Å². The minimum atomic E-state index is -0.840. The fourth-order valence-electron chi connectivity index (χ4n) is 1.69. The maximum Gasteiger partial charge on any atom is 0.303 e. The molecular weight excluding hydrogens is 230 g/mol. The largest absolute Gasteiger partial charge is 0.481 e. The molecule has 0 aliphatic carbocycles. The molecule has 0 aromatic heterocycles. The van der Waals surface area contributed by atoms with E-state index in [0.717, 1.165) is 5.56 Å². The Bertz CT molecular complexity index is 403. The van der Waals surface area contributed by atoms with Crippen LogP contribution in [0, 0.1) is 5.92 Å². The van der Waals surface area contributed by atoms with Crippen molar-refractivity contribution in [2.75, 3.05) is 6.54 Å². The molecule has 4 nitrogen and oxygen atoms in total. The molecule has 1 unspecified atom stereocenters. The van der Waals surface area contributed by atoms with Crippen LogP contribution < -0.4 is 5.32 Å². The monoisotopic (exact) mass is 249 g/mol. The van der Waals surface area contributed by atoms with Gasteiger partial charge in [-0.3, -0.25) is 9.59 Å². The molecule has 0 aliphatic rings. The highest BCUT2D eigenvalue weighted by atomic mass is 16.4. The predicted octanol–water partition coefficient (Wildman–Crippen LogP) is 2.02. The second-order valence-electron chi connectivity index (χ2n) is 4.58. The van der Waals surface area contributed by atoms with Crippen LogP contribution in [0.3, 0.4) is 0 Å². The van der Waals surface area contributed by atoms with E-state index in [1.54, 1.807) is 0 Å². The van der Waals surface area contributed by atoms with Crippen molar-refractivity contribution in [3.63, 3.8) is 0 Å². The van der Waals surface area contributed by atoms with Crippen LogP contribution in [0.5, 0.6) is 0 Å². The van der Waals surface area contributed by atoms with Gasteiger partial charge in [0.2, 0.25) is 5.91 Å². The van der Waals surface area contributed by atoms with Crippen LogP contribution in [0.4, 0.5) is 0 Å². The Labute approximate surface area is 107 Å². The summed E-state index contributed by atoms with van der Waals surface area (Å²) in [7, 11) is 0. The molecule has 0 fully saturated rings. The smallest absolute Gasteiger partial charge is 0.303 e. The Hall–Kier alpha value is -1.84. The van der Waals surface area contributed by atoms with Gasteiger partial charge in [0.05, 0.1) is 5.92 Å². The van der Waals surface area contributed by atoms with Gasteiger partial charge in [0, 0.05) is 13.0 Å². The van der Waals surface area contributed by atoms with E-state index in [0.29, 0.717) is 6.54 Å². The van der Waals surface area contributed by atoms with Crippen LogP contribution in [-0.2, 0) is 9.59 Å². The predicted molar refractivity (Wildman–Crippen MR) is 69.3 cm³/mol. The summed E-state index contributed by atoms with van der Waals surface area (Å²) in [5, 5.41) is 11.4. The van der Waals surface area contributed by atoms with E-state index in [-0.39, 0.29) is 24.2 Å². The summed E-state index contributed by atoms with van der Waals surface area (Å²) < 4.78 is 0. The zero-order valence-corrected chi connectivity index (χ0v) is 10.7. The number of nitrogens with one attached hydrogen (secondary N) is 1.